The summed E-state index contributed by atoms with van der Waals surface area (Å²) < 4.78 is 1.28. The van der Waals surface area contributed by atoms with E-state index in [1.807, 2.05) is 78.9 Å². The fourth-order valence-electron chi connectivity index (χ4n) is 9.78. The molecule has 6 nitrogen and oxygen atoms in total. The van der Waals surface area contributed by atoms with Gasteiger partial charge in [-0.15, -0.1) is 11.3 Å². The van der Waals surface area contributed by atoms with E-state index < -0.39 is 0 Å². The second-order valence-electron chi connectivity index (χ2n) is 16.6. The number of rotatable bonds is 7. The largest absolute Gasteiger partial charge is 0.208 e. The highest BCUT2D eigenvalue weighted by molar-refractivity contribution is 7.17. The summed E-state index contributed by atoms with van der Waals surface area (Å²) in [6.45, 7) is 0. The van der Waals surface area contributed by atoms with Crippen molar-refractivity contribution in [1.29, 1.82) is 0 Å². The van der Waals surface area contributed by atoms with Gasteiger partial charge in [0.25, 0.3) is 0 Å². The second kappa shape index (κ2) is 15.2. The monoisotopic (exact) mass is 848 g/mol. The van der Waals surface area contributed by atoms with E-state index in [9.17, 15) is 0 Å². The molecule has 0 spiro atoms. The molecular weight excluding hydrogens is 813 g/mol. The van der Waals surface area contributed by atoms with Gasteiger partial charge >= 0.3 is 0 Å². The molecule has 0 saturated carbocycles. The molecule has 2 bridgehead atoms. The molecule has 0 fully saturated rings. The van der Waals surface area contributed by atoms with Gasteiger partial charge < -0.3 is 0 Å². The number of thiophene rings is 1. The van der Waals surface area contributed by atoms with Crippen molar-refractivity contribution in [3.8, 4) is 79.5 Å². The van der Waals surface area contributed by atoms with Gasteiger partial charge in [-0.05, 0) is 62.5 Å². The molecular formula is C58H36N6S. The Kier molecular flexibility index (Phi) is 8.74. The third-order valence-corrected chi connectivity index (χ3v) is 13.8. The average Bonchev–Trinajstić information content (AvgIpc) is 3.83. The summed E-state index contributed by atoms with van der Waals surface area (Å²) in [6, 6.07) is 70.2. The predicted octanol–water partition coefficient (Wildman–Crippen LogP) is 13.9. The van der Waals surface area contributed by atoms with Crippen LogP contribution in [0.5, 0.6) is 0 Å². The molecule has 0 radical (unpaired) electrons. The highest BCUT2D eigenvalue weighted by Gasteiger charge is 2.41. The molecule has 0 aliphatic heterocycles. The molecule has 2 unspecified atom stereocenters. The standard InChI is InChI=1S/C58H36N6S/c1-4-14-36(15-5-1)53-59-54(37-16-6-2-7-17-37)62-57(61-53)40-28-30-45-47(32-40)51-43-21-10-11-22-44(43)52(45)48-33-41(29-31-46(48)51)58-63-55(38-18-8-3-9-19-38)60-56(64-58)39-26-24-35(25-27-39)49-34-65-50-23-13-12-20-42(49)50/h1-34,51-52H. The van der Waals surface area contributed by atoms with Crippen molar-refractivity contribution in [1.82, 2.24) is 29.9 Å². The van der Waals surface area contributed by atoms with E-state index in [0.29, 0.717) is 34.9 Å². The van der Waals surface area contributed by atoms with Crippen LogP contribution in [0.15, 0.2) is 206 Å². The van der Waals surface area contributed by atoms with Crippen molar-refractivity contribution in [2.45, 2.75) is 11.8 Å². The van der Waals surface area contributed by atoms with Gasteiger partial charge in [0.1, 0.15) is 0 Å². The zero-order chi connectivity index (χ0) is 42.8. The van der Waals surface area contributed by atoms with Crippen molar-refractivity contribution in [3.05, 3.63) is 239 Å². The van der Waals surface area contributed by atoms with Crippen LogP contribution in [0.4, 0.5) is 0 Å². The average molecular weight is 849 g/mol. The lowest BCUT2D eigenvalue weighted by Crippen LogP contribution is -2.27. The lowest BCUT2D eigenvalue weighted by molar-refractivity contribution is 0.754. The number of benzene rings is 8. The Morgan fingerprint density at radius 3 is 1.08 bits per heavy atom. The fraction of sp³-hybridized carbons (Fsp3) is 0.0345. The highest BCUT2D eigenvalue weighted by atomic mass is 32.1. The fourth-order valence-corrected chi connectivity index (χ4v) is 10.8. The summed E-state index contributed by atoms with van der Waals surface area (Å²) in [5.74, 6) is 3.95. The summed E-state index contributed by atoms with van der Waals surface area (Å²) in [7, 11) is 0. The SMILES string of the molecule is c1ccc(-c2nc(-c3ccccc3)nc(-c3ccc4c(c3)C3c5ccccc5C4c4cc(-c5nc(-c6ccccc6)nc(-c6ccc(-c7csc8ccccc78)cc6)n5)ccc43)n2)cc1. The third-order valence-electron chi connectivity index (χ3n) is 12.9. The molecule has 3 aromatic heterocycles. The molecule has 3 heterocycles. The van der Waals surface area contributed by atoms with Crippen molar-refractivity contribution < 1.29 is 0 Å². The van der Waals surface area contributed by atoms with Crippen LogP contribution in [0.25, 0.3) is 89.5 Å². The number of hydrogen-bond donors (Lipinski definition) is 0. The molecule has 3 aliphatic rings. The Morgan fingerprint density at radius 1 is 0.277 bits per heavy atom. The van der Waals surface area contributed by atoms with E-state index in [1.165, 1.54) is 54.6 Å². The summed E-state index contributed by atoms with van der Waals surface area (Å²) in [6.07, 6.45) is 0. The van der Waals surface area contributed by atoms with Crippen molar-refractivity contribution in [2.24, 2.45) is 0 Å². The number of aromatic nitrogens is 6. The molecule has 7 heteroatoms. The molecule has 14 rings (SSSR count). The zero-order valence-corrected chi connectivity index (χ0v) is 35.7. The summed E-state index contributed by atoms with van der Waals surface area (Å²) >= 11 is 1.77. The van der Waals surface area contributed by atoms with Crippen LogP contribution in [0.2, 0.25) is 0 Å². The molecule has 8 aromatic carbocycles. The van der Waals surface area contributed by atoms with Gasteiger partial charge in [0, 0.05) is 60.9 Å². The van der Waals surface area contributed by atoms with Gasteiger partial charge in [0.15, 0.2) is 34.9 Å². The quantitative estimate of drug-likeness (QED) is 0.159. The Balaban J connectivity index is 0.912. The first-order valence-electron chi connectivity index (χ1n) is 21.8. The maximum Gasteiger partial charge on any atom is 0.164 e. The van der Waals surface area contributed by atoms with E-state index >= 15 is 0 Å². The first-order chi connectivity index (χ1) is 32.2. The molecule has 3 aliphatic carbocycles. The van der Waals surface area contributed by atoms with E-state index in [4.69, 9.17) is 29.9 Å². The number of hydrogen-bond acceptors (Lipinski definition) is 7. The molecule has 11 aromatic rings. The molecule has 65 heavy (non-hydrogen) atoms. The van der Waals surface area contributed by atoms with Gasteiger partial charge in [0.05, 0.1) is 0 Å². The first-order valence-corrected chi connectivity index (χ1v) is 22.7. The number of fused-ring (bicyclic) bond motifs is 1. The van der Waals surface area contributed by atoms with Gasteiger partial charge in [-0.2, -0.15) is 0 Å². The van der Waals surface area contributed by atoms with Crippen molar-refractivity contribution in [3.63, 3.8) is 0 Å². The van der Waals surface area contributed by atoms with E-state index in [2.05, 4.69) is 127 Å². The maximum atomic E-state index is 5.21. The minimum Gasteiger partial charge on any atom is -0.208 e. The van der Waals surface area contributed by atoms with Gasteiger partial charge in [-0.25, -0.2) is 29.9 Å². The zero-order valence-electron chi connectivity index (χ0n) is 34.9. The normalized spacial score (nSPS) is 14.5. The minimum atomic E-state index is 0.0314. The Morgan fingerprint density at radius 2 is 0.615 bits per heavy atom. The molecule has 2 atom stereocenters. The molecule has 304 valence electrons. The van der Waals surface area contributed by atoms with Crippen LogP contribution in [0, 0.1) is 0 Å². The van der Waals surface area contributed by atoms with Gasteiger partial charge in [-0.1, -0.05) is 182 Å². The first kappa shape index (κ1) is 37.3. The minimum absolute atomic E-state index is 0.0314. The lowest BCUT2D eigenvalue weighted by atomic mass is 9.61. The van der Waals surface area contributed by atoms with E-state index in [-0.39, 0.29) is 11.8 Å². The predicted molar refractivity (Wildman–Crippen MR) is 261 cm³/mol. The second-order valence-corrected chi connectivity index (χ2v) is 17.5. The van der Waals surface area contributed by atoms with Crippen LogP contribution in [0.1, 0.15) is 45.2 Å². The van der Waals surface area contributed by atoms with Crippen molar-refractivity contribution in [2.75, 3.05) is 0 Å². The van der Waals surface area contributed by atoms with Crippen LogP contribution in [-0.2, 0) is 0 Å². The van der Waals surface area contributed by atoms with Crippen LogP contribution in [-0.4, -0.2) is 29.9 Å². The number of nitrogens with zero attached hydrogens (tertiary/aromatic N) is 6. The van der Waals surface area contributed by atoms with Crippen molar-refractivity contribution >= 4 is 21.4 Å². The van der Waals surface area contributed by atoms with E-state index in [0.717, 1.165) is 33.4 Å². The van der Waals surface area contributed by atoms with E-state index in [1.54, 1.807) is 11.3 Å². The van der Waals surface area contributed by atoms with Gasteiger partial charge in [-0.3, -0.25) is 0 Å². The summed E-state index contributed by atoms with van der Waals surface area (Å²) in [4.78, 5) is 30.6. The van der Waals surface area contributed by atoms with Crippen LogP contribution >= 0.6 is 11.3 Å². The molecule has 0 saturated heterocycles. The smallest absolute Gasteiger partial charge is 0.164 e. The summed E-state index contributed by atoms with van der Waals surface area (Å²) in [5.41, 5.74) is 15.9. The van der Waals surface area contributed by atoms with Crippen LogP contribution < -0.4 is 0 Å². The third kappa shape index (κ3) is 6.39. The van der Waals surface area contributed by atoms with Crippen LogP contribution in [0.3, 0.4) is 0 Å². The summed E-state index contributed by atoms with van der Waals surface area (Å²) in [5, 5.41) is 3.51. The Labute approximate surface area is 379 Å². The Bertz CT molecular complexity index is 3550. The molecule has 0 amide bonds. The highest BCUT2D eigenvalue weighted by Crippen LogP contribution is 2.56. The van der Waals surface area contributed by atoms with Gasteiger partial charge in [0.2, 0.25) is 0 Å². The Hall–Kier alpha value is -8.26. The lowest BCUT2D eigenvalue weighted by Gasteiger charge is -2.42. The maximum absolute atomic E-state index is 5.21. The topological polar surface area (TPSA) is 77.3 Å². The molecule has 0 N–H and O–H groups in total.